The number of carboxylic acids is 1. The van der Waals surface area contributed by atoms with Crippen LogP contribution in [0.25, 0.3) is 6.08 Å². The van der Waals surface area contributed by atoms with E-state index in [-0.39, 0.29) is 5.57 Å². The molecule has 0 radical (unpaired) electrons. The predicted molar refractivity (Wildman–Crippen MR) is 92.4 cm³/mol. The van der Waals surface area contributed by atoms with Crippen molar-refractivity contribution in [3.8, 4) is 5.75 Å². The zero-order valence-electron chi connectivity index (χ0n) is 14.3. The Hall–Kier alpha value is -2.21. The van der Waals surface area contributed by atoms with Gasteiger partial charge in [0, 0.05) is 10.6 Å². The van der Waals surface area contributed by atoms with E-state index in [2.05, 4.69) is 5.32 Å². The number of benzene rings is 1. The summed E-state index contributed by atoms with van der Waals surface area (Å²) in [6.07, 6.45) is 0.718. The average molecular weight is 356 g/mol. The number of nitrogens with one attached hydrogen (secondary N) is 1. The average Bonchev–Trinajstić information content (AvgIpc) is 2.42. The second-order valence-corrected chi connectivity index (χ2v) is 6.60. The molecule has 0 heterocycles. The lowest BCUT2D eigenvalue weighted by atomic mass is 10.0. The van der Waals surface area contributed by atoms with Gasteiger partial charge < -0.3 is 19.9 Å². The molecule has 7 heteroatoms. The highest BCUT2D eigenvalue weighted by Crippen LogP contribution is 2.25. The molecule has 132 valence electrons. The lowest BCUT2D eigenvalue weighted by molar-refractivity contribution is -0.132. The van der Waals surface area contributed by atoms with Crippen LogP contribution in [-0.2, 0) is 9.53 Å². The van der Waals surface area contributed by atoms with Crippen molar-refractivity contribution in [1.29, 1.82) is 0 Å². The topological polar surface area (TPSA) is 84.9 Å². The standard InChI is InChI=1S/C17H22ClNO5/c1-10(19-16(22)24-17(2,3)4)13(15(20)21)9-11-8-12(18)6-7-14(11)23-5/h6-10H,1-5H3,(H,19,22)(H,20,21). The largest absolute Gasteiger partial charge is 0.496 e. The van der Waals surface area contributed by atoms with Crippen LogP contribution in [0.3, 0.4) is 0 Å². The summed E-state index contributed by atoms with van der Waals surface area (Å²) in [5, 5.41) is 12.4. The number of halogens is 1. The smallest absolute Gasteiger partial charge is 0.408 e. The fraction of sp³-hybridized carbons (Fsp3) is 0.412. The first-order valence-electron chi connectivity index (χ1n) is 7.31. The molecule has 0 saturated carbocycles. The van der Waals surface area contributed by atoms with Crippen molar-refractivity contribution >= 4 is 29.7 Å². The van der Waals surface area contributed by atoms with Crippen molar-refractivity contribution in [3.05, 3.63) is 34.4 Å². The van der Waals surface area contributed by atoms with E-state index in [4.69, 9.17) is 21.1 Å². The number of carbonyl (C=O) groups excluding carboxylic acids is 1. The Balaban J connectivity index is 3.08. The molecule has 1 rings (SSSR count). The molecule has 0 fully saturated rings. The van der Waals surface area contributed by atoms with Crippen molar-refractivity contribution in [2.24, 2.45) is 0 Å². The molecular formula is C17H22ClNO5. The maximum Gasteiger partial charge on any atom is 0.408 e. The zero-order chi connectivity index (χ0) is 18.5. The second-order valence-electron chi connectivity index (χ2n) is 6.16. The lowest BCUT2D eigenvalue weighted by Gasteiger charge is -2.22. The van der Waals surface area contributed by atoms with Crippen molar-refractivity contribution in [2.45, 2.75) is 39.3 Å². The molecule has 0 spiro atoms. The summed E-state index contributed by atoms with van der Waals surface area (Å²) in [4.78, 5) is 23.4. The summed E-state index contributed by atoms with van der Waals surface area (Å²) >= 11 is 5.95. The Labute approximate surface area is 146 Å². The number of ether oxygens (including phenoxy) is 2. The molecule has 0 aliphatic carbocycles. The van der Waals surface area contributed by atoms with Gasteiger partial charge in [-0.05, 0) is 52.0 Å². The Bertz CT molecular complexity index is 649. The minimum absolute atomic E-state index is 0.0265. The van der Waals surface area contributed by atoms with E-state index < -0.39 is 23.7 Å². The summed E-state index contributed by atoms with van der Waals surface area (Å²) in [5.41, 5.74) is -0.200. The summed E-state index contributed by atoms with van der Waals surface area (Å²) in [6, 6.07) is 4.09. The van der Waals surface area contributed by atoms with Gasteiger partial charge in [-0.2, -0.15) is 0 Å². The van der Waals surface area contributed by atoms with E-state index in [1.165, 1.54) is 13.2 Å². The molecule has 0 aliphatic rings. The minimum atomic E-state index is -1.17. The number of methoxy groups -OCH3 is 1. The molecule has 1 unspecified atom stereocenters. The zero-order valence-corrected chi connectivity index (χ0v) is 15.1. The van der Waals surface area contributed by atoms with Gasteiger partial charge in [-0.15, -0.1) is 0 Å². The Morgan fingerprint density at radius 1 is 1.33 bits per heavy atom. The number of rotatable bonds is 5. The number of alkyl carbamates (subject to hydrolysis) is 1. The highest BCUT2D eigenvalue weighted by Gasteiger charge is 2.22. The van der Waals surface area contributed by atoms with Crippen LogP contribution in [0.1, 0.15) is 33.3 Å². The van der Waals surface area contributed by atoms with Crippen molar-refractivity contribution < 1.29 is 24.2 Å². The van der Waals surface area contributed by atoms with Crippen LogP contribution in [0, 0.1) is 0 Å². The van der Waals surface area contributed by atoms with Crippen LogP contribution < -0.4 is 10.1 Å². The van der Waals surface area contributed by atoms with Gasteiger partial charge in [-0.3, -0.25) is 0 Å². The summed E-state index contributed by atoms with van der Waals surface area (Å²) in [7, 11) is 1.48. The number of aliphatic carboxylic acids is 1. The van der Waals surface area contributed by atoms with Crippen LogP contribution >= 0.6 is 11.6 Å². The third-order valence-corrected chi connectivity index (χ3v) is 3.18. The van der Waals surface area contributed by atoms with Crippen LogP contribution in [0.15, 0.2) is 23.8 Å². The Morgan fingerprint density at radius 2 is 1.96 bits per heavy atom. The van der Waals surface area contributed by atoms with Gasteiger partial charge in [0.25, 0.3) is 0 Å². The van der Waals surface area contributed by atoms with E-state index in [9.17, 15) is 14.7 Å². The van der Waals surface area contributed by atoms with Gasteiger partial charge in [0.2, 0.25) is 0 Å². The molecule has 1 atom stereocenters. The first-order chi connectivity index (χ1) is 11.0. The second kappa shape index (κ2) is 8.06. The quantitative estimate of drug-likeness (QED) is 0.786. The molecule has 6 nitrogen and oxygen atoms in total. The minimum Gasteiger partial charge on any atom is -0.496 e. The SMILES string of the molecule is COc1ccc(Cl)cc1C=C(C(=O)O)C(C)NC(=O)OC(C)(C)C. The molecule has 2 N–H and O–H groups in total. The van der Waals surface area contributed by atoms with E-state index >= 15 is 0 Å². The van der Waals surface area contributed by atoms with E-state index in [1.807, 2.05) is 0 Å². The number of hydrogen-bond acceptors (Lipinski definition) is 4. The molecular weight excluding hydrogens is 334 g/mol. The molecule has 1 aromatic carbocycles. The first-order valence-corrected chi connectivity index (χ1v) is 7.69. The molecule has 24 heavy (non-hydrogen) atoms. The van der Waals surface area contributed by atoms with Crippen LogP contribution in [0.5, 0.6) is 5.75 Å². The number of carbonyl (C=O) groups is 2. The normalized spacial score (nSPS) is 13.2. The highest BCUT2D eigenvalue weighted by molar-refractivity contribution is 6.30. The fourth-order valence-corrected chi connectivity index (χ4v) is 2.10. The predicted octanol–water partition coefficient (Wildman–Crippen LogP) is 3.73. The fourth-order valence-electron chi connectivity index (χ4n) is 1.92. The van der Waals surface area contributed by atoms with Crippen LogP contribution in [-0.4, -0.2) is 35.9 Å². The molecule has 1 amide bonds. The van der Waals surface area contributed by atoms with Gasteiger partial charge in [-0.25, -0.2) is 9.59 Å². The van der Waals surface area contributed by atoms with Crippen molar-refractivity contribution in [1.82, 2.24) is 5.32 Å². The lowest BCUT2D eigenvalue weighted by Crippen LogP contribution is -2.39. The summed E-state index contributed by atoms with van der Waals surface area (Å²) in [6.45, 7) is 6.73. The van der Waals surface area contributed by atoms with Crippen LogP contribution in [0.2, 0.25) is 5.02 Å². The Kier molecular flexibility index (Phi) is 6.66. The Morgan fingerprint density at radius 3 is 2.46 bits per heavy atom. The molecule has 0 aromatic heterocycles. The summed E-state index contributed by atoms with van der Waals surface area (Å²) in [5.74, 6) is -0.691. The third kappa shape index (κ3) is 6.12. The molecule has 0 saturated heterocycles. The highest BCUT2D eigenvalue weighted by atomic mass is 35.5. The monoisotopic (exact) mass is 355 g/mol. The third-order valence-electron chi connectivity index (χ3n) is 2.95. The number of amides is 1. The summed E-state index contributed by atoms with van der Waals surface area (Å²) < 4.78 is 10.3. The first kappa shape index (κ1) is 19.8. The molecule has 0 bridgehead atoms. The number of carboxylic acid groups (broad SMARTS) is 1. The van der Waals surface area contributed by atoms with Gasteiger partial charge >= 0.3 is 12.1 Å². The molecule has 1 aromatic rings. The maximum absolute atomic E-state index is 11.8. The van der Waals surface area contributed by atoms with Crippen molar-refractivity contribution in [2.75, 3.05) is 7.11 Å². The van der Waals surface area contributed by atoms with Crippen molar-refractivity contribution in [3.63, 3.8) is 0 Å². The molecule has 0 aliphatic heterocycles. The van der Waals surface area contributed by atoms with E-state index in [0.29, 0.717) is 16.3 Å². The van der Waals surface area contributed by atoms with E-state index in [0.717, 1.165) is 0 Å². The van der Waals surface area contributed by atoms with E-state index in [1.54, 1.807) is 45.9 Å². The van der Waals surface area contributed by atoms with Crippen LogP contribution in [0.4, 0.5) is 4.79 Å². The van der Waals surface area contributed by atoms with Gasteiger partial charge in [0.15, 0.2) is 0 Å². The maximum atomic E-state index is 11.8. The number of hydrogen-bond donors (Lipinski definition) is 2. The van der Waals surface area contributed by atoms with Gasteiger partial charge in [0.05, 0.1) is 18.7 Å². The van der Waals surface area contributed by atoms with Gasteiger partial charge in [0.1, 0.15) is 11.4 Å². The van der Waals surface area contributed by atoms with Gasteiger partial charge in [-0.1, -0.05) is 11.6 Å².